The van der Waals surface area contributed by atoms with Crippen molar-refractivity contribution in [1.29, 1.82) is 0 Å². The van der Waals surface area contributed by atoms with E-state index in [-0.39, 0.29) is 18.0 Å². The molecular weight excluding hydrogens is 398 g/mol. The predicted molar refractivity (Wildman–Crippen MR) is 121 cm³/mol. The zero-order chi connectivity index (χ0) is 21.4. The van der Waals surface area contributed by atoms with Crippen LogP contribution in [0.5, 0.6) is 0 Å². The second-order valence-electron chi connectivity index (χ2n) is 7.30. The number of fused-ring (bicyclic) bond motifs is 1. The van der Waals surface area contributed by atoms with Crippen molar-refractivity contribution in [2.75, 3.05) is 5.32 Å². The highest BCUT2D eigenvalue weighted by atomic mass is 32.1. The Labute approximate surface area is 177 Å². The summed E-state index contributed by atoms with van der Waals surface area (Å²) in [5.41, 5.74) is 3.57. The lowest BCUT2D eigenvalue weighted by Gasteiger charge is -2.14. The fourth-order valence-electron chi connectivity index (χ4n) is 3.47. The summed E-state index contributed by atoms with van der Waals surface area (Å²) in [6, 6.07) is 14.7. The van der Waals surface area contributed by atoms with E-state index in [1.807, 2.05) is 51.1 Å². The molecule has 30 heavy (non-hydrogen) atoms. The number of thiophene rings is 1. The van der Waals surface area contributed by atoms with Crippen LogP contribution in [0.3, 0.4) is 0 Å². The van der Waals surface area contributed by atoms with Crippen molar-refractivity contribution < 1.29 is 4.79 Å². The highest BCUT2D eigenvalue weighted by molar-refractivity contribution is 7.17. The number of para-hydroxylation sites is 1. The molecule has 4 rings (SSSR count). The standard InChI is InChI=1S/C23H21N3O3S/c1-14-8-9-15(2)17(12-14)24-20(27)13-25-19-10-11-30-21(19)22(28)26(23(25)29)18-7-5-4-6-16(18)3/h4-12H,13H2,1-3H3,(H,24,27). The van der Waals surface area contributed by atoms with Gasteiger partial charge >= 0.3 is 5.69 Å². The minimum Gasteiger partial charge on any atom is -0.324 e. The van der Waals surface area contributed by atoms with Gasteiger partial charge < -0.3 is 5.32 Å². The first-order valence-corrected chi connectivity index (χ1v) is 10.4. The van der Waals surface area contributed by atoms with E-state index >= 15 is 0 Å². The van der Waals surface area contributed by atoms with Gasteiger partial charge in [0.05, 0.1) is 11.2 Å². The van der Waals surface area contributed by atoms with Gasteiger partial charge in [-0.05, 0) is 61.0 Å². The Balaban J connectivity index is 1.81. The maximum atomic E-state index is 13.3. The summed E-state index contributed by atoms with van der Waals surface area (Å²) in [7, 11) is 0. The molecule has 0 unspecified atom stereocenters. The van der Waals surface area contributed by atoms with Crippen molar-refractivity contribution in [2.45, 2.75) is 27.3 Å². The minimum atomic E-state index is -0.531. The van der Waals surface area contributed by atoms with Gasteiger partial charge in [0.1, 0.15) is 11.2 Å². The van der Waals surface area contributed by atoms with Crippen LogP contribution in [0.15, 0.2) is 63.5 Å². The molecule has 0 atom stereocenters. The highest BCUT2D eigenvalue weighted by Gasteiger charge is 2.18. The molecule has 1 N–H and O–H groups in total. The first-order valence-electron chi connectivity index (χ1n) is 9.53. The van der Waals surface area contributed by atoms with Gasteiger partial charge in [-0.1, -0.05) is 30.3 Å². The van der Waals surface area contributed by atoms with Gasteiger partial charge in [0.25, 0.3) is 5.56 Å². The molecule has 0 saturated heterocycles. The van der Waals surface area contributed by atoms with Crippen LogP contribution in [0, 0.1) is 20.8 Å². The van der Waals surface area contributed by atoms with E-state index < -0.39 is 5.69 Å². The first kappa shape index (κ1) is 19.8. The number of hydrogen-bond acceptors (Lipinski definition) is 4. The van der Waals surface area contributed by atoms with E-state index in [2.05, 4.69) is 5.32 Å². The molecule has 152 valence electrons. The number of nitrogens with zero attached hydrogens (tertiary/aromatic N) is 2. The van der Waals surface area contributed by atoms with Gasteiger partial charge in [0.2, 0.25) is 5.91 Å². The molecule has 7 heteroatoms. The molecule has 0 radical (unpaired) electrons. The van der Waals surface area contributed by atoms with Crippen molar-refractivity contribution in [3.05, 3.63) is 91.4 Å². The maximum absolute atomic E-state index is 13.3. The summed E-state index contributed by atoms with van der Waals surface area (Å²) < 4.78 is 2.96. The lowest BCUT2D eigenvalue weighted by atomic mass is 10.1. The molecule has 0 saturated carbocycles. The van der Waals surface area contributed by atoms with E-state index in [1.165, 1.54) is 15.9 Å². The number of carbonyl (C=O) groups excluding carboxylic acids is 1. The number of hydrogen-bond donors (Lipinski definition) is 1. The normalized spacial score (nSPS) is 11.0. The van der Waals surface area contributed by atoms with E-state index in [4.69, 9.17) is 0 Å². The fourth-order valence-corrected chi connectivity index (χ4v) is 4.29. The molecule has 2 aromatic heterocycles. The van der Waals surface area contributed by atoms with Crippen molar-refractivity contribution in [2.24, 2.45) is 0 Å². The molecule has 1 amide bonds. The minimum absolute atomic E-state index is 0.189. The molecule has 0 aliphatic rings. The van der Waals surface area contributed by atoms with Crippen LogP contribution in [0.4, 0.5) is 5.69 Å². The average molecular weight is 420 g/mol. The van der Waals surface area contributed by atoms with Crippen LogP contribution >= 0.6 is 11.3 Å². The zero-order valence-corrected chi connectivity index (χ0v) is 17.7. The van der Waals surface area contributed by atoms with Crippen LogP contribution < -0.4 is 16.6 Å². The van der Waals surface area contributed by atoms with Crippen LogP contribution in [-0.2, 0) is 11.3 Å². The Bertz CT molecular complexity index is 1400. The summed E-state index contributed by atoms with van der Waals surface area (Å²) >= 11 is 1.26. The number of amides is 1. The van der Waals surface area contributed by atoms with Crippen molar-refractivity contribution in [1.82, 2.24) is 9.13 Å². The summed E-state index contributed by atoms with van der Waals surface area (Å²) in [6.07, 6.45) is 0. The third-order valence-corrected chi connectivity index (χ3v) is 5.97. The Hall–Kier alpha value is -3.45. The molecule has 0 aliphatic carbocycles. The Morgan fingerprint density at radius 3 is 2.53 bits per heavy atom. The Morgan fingerprint density at radius 2 is 1.77 bits per heavy atom. The second kappa shape index (κ2) is 7.76. The lowest BCUT2D eigenvalue weighted by molar-refractivity contribution is -0.116. The van der Waals surface area contributed by atoms with E-state index in [1.54, 1.807) is 23.6 Å². The smallest absolute Gasteiger partial charge is 0.324 e. The number of anilines is 1. The van der Waals surface area contributed by atoms with Crippen LogP contribution in [-0.4, -0.2) is 15.0 Å². The average Bonchev–Trinajstić information content (AvgIpc) is 3.20. The monoisotopic (exact) mass is 419 g/mol. The fraction of sp³-hybridized carbons (Fsp3) is 0.174. The van der Waals surface area contributed by atoms with Crippen molar-refractivity contribution >= 4 is 33.1 Å². The summed E-state index contributed by atoms with van der Waals surface area (Å²) in [5.74, 6) is -0.326. The van der Waals surface area contributed by atoms with Gasteiger partial charge in [0.15, 0.2) is 0 Å². The van der Waals surface area contributed by atoms with Crippen molar-refractivity contribution in [3.63, 3.8) is 0 Å². The number of aromatic nitrogens is 2. The maximum Gasteiger partial charge on any atom is 0.336 e. The van der Waals surface area contributed by atoms with E-state index in [0.717, 1.165) is 21.3 Å². The quantitative estimate of drug-likeness (QED) is 0.547. The molecule has 0 bridgehead atoms. The Morgan fingerprint density at radius 1 is 1.00 bits per heavy atom. The molecular formula is C23H21N3O3S. The van der Waals surface area contributed by atoms with Gasteiger partial charge in [-0.25, -0.2) is 9.36 Å². The molecule has 2 heterocycles. The number of carbonyl (C=O) groups is 1. The molecule has 6 nitrogen and oxygen atoms in total. The predicted octanol–water partition coefficient (Wildman–Crippen LogP) is 3.78. The SMILES string of the molecule is Cc1ccc(C)c(NC(=O)Cn2c(=O)n(-c3ccccc3C)c(=O)c3sccc32)c1. The number of aryl methyl sites for hydroxylation is 3. The first-order chi connectivity index (χ1) is 14.4. The summed E-state index contributed by atoms with van der Waals surface area (Å²) in [4.78, 5) is 39.2. The second-order valence-corrected chi connectivity index (χ2v) is 8.21. The van der Waals surface area contributed by atoms with E-state index in [0.29, 0.717) is 21.6 Å². The van der Waals surface area contributed by atoms with Gasteiger partial charge in [-0.2, -0.15) is 0 Å². The van der Waals surface area contributed by atoms with Gasteiger partial charge in [-0.3, -0.25) is 14.2 Å². The van der Waals surface area contributed by atoms with Crippen molar-refractivity contribution in [3.8, 4) is 5.69 Å². The van der Waals surface area contributed by atoms with Crippen LogP contribution in [0.2, 0.25) is 0 Å². The van der Waals surface area contributed by atoms with Crippen LogP contribution in [0.25, 0.3) is 15.9 Å². The van der Waals surface area contributed by atoms with Crippen LogP contribution in [0.1, 0.15) is 16.7 Å². The largest absolute Gasteiger partial charge is 0.336 e. The number of rotatable bonds is 4. The van der Waals surface area contributed by atoms with E-state index in [9.17, 15) is 14.4 Å². The Kier molecular flexibility index (Phi) is 5.13. The van der Waals surface area contributed by atoms with Gasteiger partial charge in [0, 0.05) is 5.69 Å². The molecule has 4 aromatic rings. The number of benzene rings is 2. The molecule has 0 spiro atoms. The third kappa shape index (κ3) is 3.48. The molecule has 2 aromatic carbocycles. The van der Waals surface area contributed by atoms with Gasteiger partial charge in [-0.15, -0.1) is 11.3 Å². The lowest BCUT2D eigenvalue weighted by Crippen LogP contribution is -2.40. The topological polar surface area (TPSA) is 73.1 Å². The third-order valence-electron chi connectivity index (χ3n) is 5.08. The number of nitrogens with one attached hydrogen (secondary N) is 1. The molecule has 0 fully saturated rings. The summed E-state index contributed by atoms with van der Waals surface area (Å²) in [5, 5.41) is 4.64. The highest BCUT2D eigenvalue weighted by Crippen LogP contribution is 2.19. The zero-order valence-electron chi connectivity index (χ0n) is 16.9. The summed E-state index contributed by atoms with van der Waals surface area (Å²) in [6.45, 7) is 5.52. The molecule has 0 aliphatic heterocycles.